The van der Waals surface area contributed by atoms with Crippen LogP contribution >= 0.6 is 0 Å². The van der Waals surface area contributed by atoms with Crippen LogP contribution in [0.4, 0.5) is 0 Å². The third kappa shape index (κ3) is 4.46. The van der Waals surface area contributed by atoms with E-state index in [9.17, 15) is 25.5 Å². The zero-order chi connectivity index (χ0) is 25.4. The lowest BCUT2D eigenvalue weighted by Crippen LogP contribution is -2.11. The van der Waals surface area contributed by atoms with Crippen LogP contribution in [-0.4, -0.2) is 32.6 Å². The number of ether oxygens (including phenoxy) is 2. The molecule has 0 spiro atoms. The summed E-state index contributed by atoms with van der Waals surface area (Å²) in [5.41, 5.74) is 3.17. The van der Waals surface area contributed by atoms with Crippen molar-refractivity contribution in [3.63, 3.8) is 0 Å². The van der Waals surface area contributed by atoms with E-state index in [0.29, 0.717) is 33.8 Å². The van der Waals surface area contributed by atoms with Crippen LogP contribution in [0.25, 0.3) is 12.2 Å². The third-order valence-electron chi connectivity index (χ3n) is 6.13. The highest BCUT2D eigenvalue weighted by Crippen LogP contribution is 2.54. The predicted octanol–water partition coefficient (Wildman–Crippen LogP) is 5.66. The van der Waals surface area contributed by atoms with Gasteiger partial charge in [-0.3, -0.25) is 0 Å². The zero-order valence-electron chi connectivity index (χ0n) is 19.3. The van der Waals surface area contributed by atoms with E-state index in [1.165, 1.54) is 31.4 Å². The molecule has 4 aromatic rings. The molecule has 2 atom stereocenters. The molecule has 4 aromatic carbocycles. The van der Waals surface area contributed by atoms with Gasteiger partial charge in [0, 0.05) is 23.3 Å². The van der Waals surface area contributed by atoms with Gasteiger partial charge in [-0.15, -0.1) is 0 Å². The number of phenols is 5. The topological polar surface area (TPSA) is 120 Å². The molecule has 0 saturated heterocycles. The van der Waals surface area contributed by atoms with Crippen LogP contribution < -0.4 is 9.47 Å². The maximum absolute atomic E-state index is 11.1. The second kappa shape index (κ2) is 9.11. The fourth-order valence-electron chi connectivity index (χ4n) is 4.56. The van der Waals surface area contributed by atoms with Crippen molar-refractivity contribution in [2.45, 2.75) is 12.0 Å². The molecule has 5 N–H and O–H groups in total. The van der Waals surface area contributed by atoms with Crippen LogP contribution in [0.3, 0.4) is 0 Å². The average molecular weight is 485 g/mol. The molecule has 0 aliphatic carbocycles. The van der Waals surface area contributed by atoms with Gasteiger partial charge in [-0.2, -0.15) is 0 Å². The molecule has 5 rings (SSSR count). The Morgan fingerprint density at radius 1 is 0.667 bits per heavy atom. The van der Waals surface area contributed by atoms with E-state index < -0.39 is 12.0 Å². The van der Waals surface area contributed by atoms with Crippen LogP contribution in [0.2, 0.25) is 0 Å². The summed E-state index contributed by atoms with van der Waals surface area (Å²) in [6.45, 7) is 0. The molecule has 0 amide bonds. The summed E-state index contributed by atoms with van der Waals surface area (Å²) >= 11 is 0. The van der Waals surface area contributed by atoms with E-state index in [-0.39, 0.29) is 28.7 Å². The number of hydrogen-bond donors (Lipinski definition) is 5. The van der Waals surface area contributed by atoms with Gasteiger partial charge in [-0.25, -0.2) is 0 Å². The summed E-state index contributed by atoms with van der Waals surface area (Å²) in [6.07, 6.45) is 2.97. The smallest absolute Gasteiger partial charge is 0.135 e. The van der Waals surface area contributed by atoms with Crippen molar-refractivity contribution >= 4 is 12.2 Å². The highest BCUT2D eigenvalue weighted by molar-refractivity contribution is 5.73. The van der Waals surface area contributed by atoms with Gasteiger partial charge in [0.25, 0.3) is 0 Å². The summed E-state index contributed by atoms with van der Waals surface area (Å²) in [4.78, 5) is 0. The van der Waals surface area contributed by atoms with Crippen molar-refractivity contribution in [2.75, 3.05) is 7.11 Å². The first kappa shape index (κ1) is 23.0. The van der Waals surface area contributed by atoms with Gasteiger partial charge in [0.05, 0.1) is 13.0 Å². The number of benzene rings is 4. The molecule has 2 unspecified atom stereocenters. The SMILES string of the molecule is COc1cc(O)cc(C2Oc3cc(/C=C/c4ccc(O)cc4)cc(O)c3C2c2cc(O)cc(O)c2)c1. The molecule has 7 heteroatoms. The van der Waals surface area contributed by atoms with Crippen LogP contribution in [-0.2, 0) is 0 Å². The first-order valence-electron chi connectivity index (χ1n) is 11.2. The molecule has 1 aliphatic rings. The minimum Gasteiger partial charge on any atom is -0.508 e. The maximum atomic E-state index is 11.1. The Bertz CT molecular complexity index is 1440. The van der Waals surface area contributed by atoms with Crippen molar-refractivity contribution in [1.82, 2.24) is 0 Å². The normalized spacial score (nSPS) is 16.6. The van der Waals surface area contributed by atoms with Crippen LogP contribution in [0.1, 0.15) is 39.8 Å². The fraction of sp³-hybridized carbons (Fsp3) is 0.103. The number of rotatable bonds is 5. The summed E-state index contributed by atoms with van der Waals surface area (Å²) in [5, 5.41) is 51.1. The van der Waals surface area contributed by atoms with Crippen molar-refractivity contribution in [2.24, 2.45) is 0 Å². The van der Waals surface area contributed by atoms with Gasteiger partial charge in [0.15, 0.2) is 0 Å². The summed E-state index contributed by atoms with van der Waals surface area (Å²) in [5.74, 6) is 0.166. The molecule has 0 bridgehead atoms. The molecule has 0 aromatic heterocycles. The molecule has 1 aliphatic heterocycles. The summed E-state index contributed by atoms with van der Waals surface area (Å²) < 4.78 is 11.6. The Labute approximate surface area is 207 Å². The van der Waals surface area contributed by atoms with Gasteiger partial charge < -0.3 is 35.0 Å². The summed E-state index contributed by atoms with van der Waals surface area (Å²) in [7, 11) is 1.49. The maximum Gasteiger partial charge on any atom is 0.135 e. The molecule has 1 heterocycles. The zero-order valence-corrected chi connectivity index (χ0v) is 19.3. The van der Waals surface area contributed by atoms with E-state index in [1.54, 1.807) is 48.5 Å². The molecular weight excluding hydrogens is 460 g/mol. The Morgan fingerprint density at radius 3 is 2.00 bits per heavy atom. The number of aromatic hydroxyl groups is 5. The standard InChI is InChI=1S/C29H24O7/c1-35-24-13-19(12-23(33)15-24)29-27(18-10-21(31)14-22(32)11-18)28-25(34)8-17(9-26(28)36-29)3-2-16-4-6-20(30)7-5-16/h2-15,27,29-34H,1H3/b3-2+. The lowest BCUT2D eigenvalue weighted by molar-refractivity contribution is 0.221. The molecule has 182 valence electrons. The minimum absolute atomic E-state index is 0.0110. The molecule has 0 radical (unpaired) electrons. The largest absolute Gasteiger partial charge is 0.508 e. The van der Waals surface area contributed by atoms with E-state index >= 15 is 0 Å². The van der Waals surface area contributed by atoms with Crippen molar-refractivity contribution < 1.29 is 35.0 Å². The first-order valence-corrected chi connectivity index (χ1v) is 11.2. The second-order valence-electron chi connectivity index (χ2n) is 8.64. The van der Waals surface area contributed by atoms with Gasteiger partial charge in [0.2, 0.25) is 0 Å². The Kier molecular flexibility index (Phi) is 5.82. The van der Waals surface area contributed by atoms with Gasteiger partial charge in [0.1, 0.15) is 46.4 Å². The van der Waals surface area contributed by atoms with Crippen molar-refractivity contribution in [3.8, 4) is 40.2 Å². The van der Waals surface area contributed by atoms with E-state index in [2.05, 4.69) is 0 Å². The van der Waals surface area contributed by atoms with Gasteiger partial charge >= 0.3 is 0 Å². The van der Waals surface area contributed by atoms with Gasteiger partial charge in [-0.05, 0) is 65.2 Å². The highest BCUT2D eigenvalue weighted by atomic mass is 16.5. The van der Waals surface area contributed by atoms with Crippen molar-refractivity contribution in [1.29, 1.82) is 0 Å². The lowest BCUT2D eigenvalue weighted by atomic mass is 9.84. The van der Waals surface area contributed by atoms with E-state index in [0.717, 1.165) is 5.56 Å². The Morgan fingerprint density at radius 2 is 1.31 bits per heavy atom. The number of fused-ring (bicyclic) bond motifs is 1. The summed E-state index contributed by atoms with van der Waals surface area (Å²) in [6, 6.07) is 19.1. The fourth-order valence-corrected chi connectivity index (χ4v) is 4.56. The van der Waals surface area contributed by atoms with Crippen LogP contribution in [0.5, 0.6) is 40.2 Å². The second-order valence-corrected chi connectivity index (χ2v) is 8.64. The third-order valence-corrected chi connectivity index (χ3v) is 6.13. The van der Waals surface area contributed by atoms with E-state index in [1.807, 2.05) is 12.2 Å². The van der Waals surface area contributed by atoms with E-state index in [4.69, 9.17) is 9.47 Å². The molecule has 0 saturated carbocycles. The average Bonchev–Trinajstić information content (AvgIpc) is 3.23. The Hall–Kier alpha value is -4.78. The van der Waals surface area contributed by atoms with Crippen LogP contribution in [0.15, 0.2) is 72.8 Å². The highest BCUT2D eigenvalue weighted by Gasteiger charge is 2.40. The lowest BCUT2D eigenvalue weighted by Gasteiger charge is -2.21. The first-order chi connectivity index (χ1) is 17.3. The minimum atomic E-state index is -0.690. The quantitative estimate of drug-likeness (QED) is 0.232. The number of phenolic OH excluding ortho intramolecular Hbond substituents is 5. The van der Waals surface area contributed by atoms with Gasteiger partial charge in [-0.1, -0.05) is 24.3 Å². The number of methoxy groups -OCH3 is 1. The number of hydrogen-bond acceptors (Lipinski definition) is 7. The molecule has 0 fully saturated rings. The predicted molar refractivity (Wildman–Crippen MR) is 135 cm³/mol. The molecule has 36 heavy (non-hydrogen) atoms. The molecule has 7 nitrogen and oxygen atoms in total. The molecular formula is C29H24O7. The monoisotopic (exact) mass is 484 g/mol. The van der Waals surface area contributed by atoms with Crippen molar-refractivity contribution in [3.05, 3.63) is 101 Å². The van der Waals surface area contributed by atoms with Crippen LogP contribution in [0, 0.1) is 0 Å². The Balaban J connectivity index is 1.61.